The molecule has 8 rings (SSSR count). The Labute approximate surface area is 411 Å². The Hall–Kier alpha value is -0.716. The minimum Gasteiger partial charge on any atom is -0.393 e. The van der Waals surface area contributed by atoms with Crippen LogP contribution in [0, 0.1) is 92.7 Å². The zero-order chi connectivity index (χ0) is 46.8. The van der Waals surface area contributed by atoms with Crippen LogP contribution in [0.3, 0.4) is 0 Å². The minimum atomic E-state index is -0.429. The standard InChI is InChI=1S/C55H94N2O8.V/c1-8-9-24-57(49(65)18-12-33(3)39-14-16-41-51-43(31-47(63)55(39,41)7)53(5)22-20-37(59)27-35(53)29-45(51)61)25-10-23-56-48(64)17-11-32(2)38-13-15-40-50-42(30-46(62)54(38,40)6)52(4)21-19-36(58)26-34(52)28-44(50)60;/h32-47,50-51,58-63H,8-31H2,1-7H3,(H,56,64);/t32?,33?,34?,35?,36-,37-,38?,39?,40?,41?,42?,43?,44-,45-,46+,47+,50?,51?,52-,53-,54+,55+;/m0./s1. The second-order valence-corrected chi connectivity index (χ2v) is 25.5. The molecule has 66 heavy (non-hydrogen) atoms. The molecule has 8 aliphatic rings. The van der Waals surface area contributed by atoms with Crippen molar-refractivity contribution in [3.63, 3.8) is 0 Å². The van der Waals surface area contributed by atoms with E-state index in [1.807, 2.05) is 4.90 Å². The maximum Gasteiger partial charge on any atom is 0.222 e. The first-order chi connectivity index (χ1) is 30.8. The first-order valence-electron chi connectivity index (χ1n) is 27.4. The largest absolute Gasteiger partial charge is 0.393 e. The topological polar surface area (TPSA) is 171 Å². The fourth-order valence-corrected chi connectivity index (χ4v) is 18.8. The SMILES string of the molecule is CCCCN(CCCNC(=O)CCC(C)C1CCC2C3C(C[C@@H](O)[C@]12C)[C@@]1(C)CC[C@H](O)CC1C[C@@H]3O)C(=O)CCC(C)C1CCC2C3C(C[C@@H](O)[C@]12C)[C@@]1(C)CC[C@H](O)CC1C[C@@H]3O.[V]. The molecule has 0 aromatic rings. The van der Waals surface area contributed by atoms with E-state index in [0.29, 0.717) is 56.0 Å². The van der Waals surface area contributed by atoms with Crippen molar-refractivity contribution in [1.29, 1.82) is 0 Å². The van der Waals surface area contributed by atoms with Gasteiger partial charge in [-0.1, -0.05) is 54.9 Å². The molecule has 0 aliphatic heterocycles. The van der Waals surface area contributed by atoms with Crippen molar-refractivity contribution in [3.05, 3.63) is 0 Å². The quantitative estimate of drug-likeness (QED) is 0.0814. The van der Waals surface area contributed by atoms with E-state index in [4.69, 9.17) is 0 Å². The molecule has 377 valence electrons. The zero-order valence-corrected chi connectivity index (χ0v) is 43.7. The van der Waals surface area contributed by atoms with Crippen molar-refractivity contribution in [2.24, 2.45) is 92.7 Å². The average molecular weight is 962 g/mol. The van der Waals surface area contributed by atoms with Crippen LogP contribution in [0.15, 0.2) is 0 Å². The summed E-state index contributed by atoms with van der Waals surface area (Å²) in [7, 11) is 0. The number of carbonyl (C=O) groups excluding carboxylic acids is 2. The van der Waals surface area contributed by atoms with Crippen molar-refractivity contribution in [2.75, 3.05) is 19.6 Å². The van der Waals surface area contributed by atoms with Crippen molar-refractivity contribution in [3.8, 4) is 0 Å². The maximum absolute atomic E-state index is 13.9. The molecule has 8 saturated carbocycles. The fraction of sp³-hybridized carbons (Fsp3) is 0.964. The monoisotopic (exact) mass is 962 g/mol. The number of unbranched alkanes of at least 4 members (excludes halogenated alkanes) is 1. The van der Waals surface area contributed by atoms with Crippen LogP contribution in [0.4, 0.5) is 0 Å². The van der Waals surface area contributed by atoms with E-state index in [9.17, 15) is 40.2 Å². The van der Waals surface area contributed by atoms with Gasteiger partial charge in [-0.3, -0.25) is 9.59 Å². The van der Waals surface area contributed by atoms with E-state index in [0.717, 1.165) is 122 Å². The van der Waals surface area contributed by atoms with Gasteiger partial charge in [0.1, 0.15) is 0 Å². The van der Waals surface area contributed by atoms with Crippen molar-refractivity contribution in [2.45, 2.75) is 220 Å². The Morgan fingerprint density at radius 3 is 1.53 bits per heavy atom. The summed E-state index contributed by atoms with van der Waals surface area (Å²) in [5.41, 5.74) is -0.438. The van der Waals surface area contributed by atoms with Gasteiger partial charge in [-0.2, -0.15) is 0 Å². The zero-order valence-electron chi connectivity index (χ0n) is 42.3. The second kappa shape index (κ2) is 20.8. The molecular formula is C55H94N2O8V. The predicted octanol–water partition coefficient (Wildman–Crippen LogP) is 7.87. The van der Waals surface area contributed by atoms with Crippen LogP contribution in [0.2, 0.25) is 0 Å². The van der Waals surface area contributed by atoms with E-state index in [1.165, 1.54) is 0 Å². The van der Waals surface area contributed by atoms with Crippen LogP contribution in [-0.4, -0.2) is 104 Å². The van der Waals surface area contributed by atoms with E-state index in [-0.39, 0.29) is 124 Å². The Balaban J connectivity index is 0.00000648. The number of aliphatic hydroxyl groups is 6. The third kappa shape index (κ3) is 9.32. The molecular weight excluding hydrogens is 868 g/mol. The van der Waals surface area contributed by atoms with Gasteiger partial charge in [-0.25, -0.2) is 0 Å². The Morgan fingerprint density at radius 2 is 1.06 bits per heavy atom. The van der Waals surface area contributed by atoms with Crippen LogP contribution in [-0.2, 0) is 28.1 Å². The first-order valence-corrected chi connectivity index (χ1v) is 27.4. The molecule has 1 radical (unpaired) electrons. The molecule has 8 fully saturated rings. The molecule has 0 aromatic heterocycles. The van der Waals surface area contributed by atoms with E-state index in [2.05, 4.69) is 53.8 Å². The molecule has 0 spiro atoms. The van der Waals surface area contributed by atoms with Crippen molar-refractivity contribution in [1.82, 2.24) is 10.2 Å². The van der Waals surface area contributed by atoms with E-state index < -0.39 is 12.2 Å². The normalized spacial score (nSPS) is 48.0. The summed E-state index contributed by atoms with van der Waals surface area (Å²) in [4.78, 5) is 29.2. The first kappa shape index (κ1) is 53.1. The van der Waals surface area contributed by atoms with Gasteiger partial charge < -0.3 is 40.9 Å². The van der Waals surface area contributed by atoms with E-state index >= 15 is 0 Å². The third-order valence-electron chi connectivity index (χ3n) is 22.7. The Morgan fingerprint density at radius 1 is 0.606 bits per heavy atom. The Kier molecular flexibility index (Phi) is 16.7. The molecule has 0 heterocycles. The van der Waals surface area contributed by atoms with Gasteiger partial charge in [0.2, 0.25) is 11.8 Å². The summed E-state index contributed by atoms with van der Waals surface area (Å²) < 4.78 is 0. The van der Waals surface area contributed by atoms with Crippen LogP contribution in [0.5, 0.6) is 0 Å². The van der Waals surface area contributed by atoms with Gasteiger partial charge in [-0.15, -0.1) is 0 Å². The number of hydrogen-bond acceptors (Lipinski definition) is 8. The van der Waals surface area contributed by atoms with Gasteiger partial charge in [0.15, 0.2) is 0 Å². The van der Waals surface area contributed by atoms with Gasteiger partial charge >= 0.3 is 0 Å². The number of nitrogens with zero attached hydrogens (tertiary/aromatic N) is 1. The van der Waals surface area contributed by atoms with Crippen LogP contribution in [0.25, 0.3) is 0 Å². The van der Waals surface area contributed by atoms with Gasteiger partial charge in [0.25, 0.3) is 0 Å². The molecule has 0 aromatic carbocycles. The van der Waals surface area contributed by atoms with Crippen LogP contribution in [0.1, 0.15) is 183 Å². The number of aliphatic hydroxyl groups excluding tert-OH is 6. The number of carbonyl (C=O) groups is 2. The number of hydrogen-bond donors (Lipinski definition) is 7. The summed E-state index contributed by atoms with van der Waals surface area (Å²) in [6, 6.07) is 0. The summed E-state index contributed by atoms with van der Waals surface area (Å²) in [6.07, 6.45) is 15.2. The predicted molar refractivity (Wildman–Crippen MR) is 254 cm³/mol. The number of fused-ring (bicyclic) bond motifs is 10. The minimum absolute atomic E-state index is 0. The molecule has 0 bridgehead atoms. The second-order valence-electron chi connectivity index (χ2n) is 25.5. The maximum atomic E-state index is 13.9. The Bertz CT molecular complexity index is 1670. The van der Waals surface area contributed by atoms with Gasteiger partial charge in [0.05, 0.1) is 36.6 Å². The van der Waals surface area contributed by atoms with Crippen molar-refractivity contribution >= 4 is 11.8 Å². The number of rotatable bonds is 15. The van der Waals surface area contributed by atoms with Gasteiger partial charge in [-0.05, 0) is 208 Å². The molecule has 12 unspecified atom stereocenters. The number of amides is 2. The molecule has 7 N–H and O–H groups in total. The molecule has 2 amide bonds. The number of nitrogens with one attached hydrogen (secondary N) is 1. The third-order valence-corrected chi connectivity index (χ3v) is 22.7. The summed E-state index contributed by atoms with van der Waals surface area (Å²) in [6.45, 7) is 17.9. The smallest absolute Gasteiger partial charge is 0.222 e. The molecule has 8 aliphatic carbocycles. The summed E-state index contributed by atoms with van der Waals surface area (Å²) in [5, 5.41) is 71.5. The van der Waals surface area contributed by atoms with Crippen LogP contribution < -0.4 is 5.32 Å². The van der Waals surface area contributed by atoms with E-state index in [1.54, 1.807) is 0 Å². The molecule has 10 nitrogen and oxygen atoms in total. The fourth-order valence-electron chi connectivity index (χ4n) is 18.8. The summed E-state index contributed by atoms with van der Waals surface area (Å²) >= 11 is 0. The molecule has 11 heteroatoms. The average Bonchev–Trinajstić information content (AvgIpc) is 3.82. The van der Waals surface area contributed by atoms with Crippen molar-refractivity contribution < 1.29 is 58.8 Å². The molecule has 0 saturated heterocycles. The summed E-state index contributed by atoms with van der Waals surface area (Å²) in [5.74, 6) is 3.49. The van der Waals surface area contributed by atoms with Gasteiger partial charge in [0, 0.05) is 51.0 Å². The van der Waals surface area contributed by atoms with Crippen LogP contribution >= 0.6 is 0 Å². The molecule has 22 atom stereocenters.